The fraction of sp³-hybridized carbons (Fsp3) is 0.250. The number of thiophene rings is 1. The van der Waals surface area contributed by atoms with Crippen molar-refractivity contribution in [3.8, 4) is 0 Å². The minimum absolute atomic E-state index is 0.0160. The van der Waals surface area contributed by atoms with Crippen LogP contribution in [0.15, 0.2) is 40.6 Å². The van der Waals surface area contributed by atoms with Gasteiger partial charge in [0.1, 0.15) is 4.21 Å². The van der Waals surface area contributed by atoms with Gasteiger partial charge in [0.2, 0.25) is 5.91 Å². The van der Waals surface area contributed by atoms with E-state index < -0.39 is 27.8 Å². The van der Waals surface area contributed by atoms with Crippen molar-refractivity contribution in [2.75, 3.05) is 10.8 Å². The van der Waals surface area contributed by atoms with Crippen molar-refractivity contribution in [1.29, 1.82) is 0 Å². The van der Waals surface area contributed by atoms with E-state index in [1.54, 1.807) is 30.3 Å². The standard InChI is InChI=1S/C16H16N2O5S2/c17-14(19)9-10-5-6-15(24-10)25(22,23)18-8-7-12(16(20)21)11-3-1-2-4-13(11)18/h1-6,12H,7-9H2,(H2,17,19)(H,20,21). The Labute approximate surface area is 148 Å². The predicted molar refractivity (Wildman–Crippen MR) is 93.2 cm³/mol. The molecule has 1 aliphatic heterocycles. The van der Waals surface area contributed by atoms with E-state index in [0.717, 1.165) is 11.3 Å². The molecule has 0 fully saturated rings. The summed E-state index contributed by atoms with van der Waals surface area (Å²) in [6.45, 7) is 0.0827. The molecule has 1 amide bonds. The van der Waals surface area contributed by atoms with Crippen molar-refractivity contribution in [3.63, 3.8) is 0 Å². The highest BCUT2D eigenvalue weighted by atomic mass is 32.2. The summed E-state index contributed by atoms with van der Waals surface area (Å²) < 4.78 is 27.3. The number of carbonyl (C=O) groups excluding carboxylic acids is 1. The summed E-state index contributed by atoms with van der Waals surface area (Å²) in [6.07, 6.45) is 0.183. The van der Waals surface area contributed by atoms with Gasteiger partial charge in [0.15, 0.2) is 0 Å². The first kappa shape index (κ1) is 17.4. The minimum Gasteiger partial charge on any atom is -0.481 e. The molecule has 25 heavy (non-hydrogen) atoms. The Morgan fingerprint density at radius 3 is 2.64 bits per heavy atom. The van der Waals surface area contributed by atoms with E-state index in [2.05, 4.69) is 0 Å². The summed E-state index contributed by atoms with van der Waals surface area (Å²) >= 11 is 0.997. The lowest BCUT2D eigenvalue weighted by Crippen LogP contribution is -2.37. The Kier molecular flexibility index (Phi) is 4.53. The van der Waals surface area contributed by atoms with E-state index in [0.29, 0.717) is 16.1 Å². The van der Waals surface area contributed by atoms with Crippen LogP contribution < -0.4 is 10.0 Å². The SMILES string of the molecule is NC(=O)Cc1ccc(S(=O)(=O)N2CCC(C(=O)O)c3ccccc32)s1. The Bertz CT molecular complexity index is 936. The van der Waals surface area contributed by atoms with Crippen LogP contribution in [0.2, 0.25) is 0 Å². The largest absolute Gasteiger partial charge is 0.481 e. The molecule has 0 bridgehead atoms. The zero-order chi connectivity index (χ0) is 18.2. The average molecular weight is 380 g/mol. The number of rotatable bonds is 5. The van der Waals surface area contributed by atoms with Crippen molar-refractivity contribution in [2.24, 2.45) is 5.73 Å². The first-order chi connectivity index (χ1) is 11.8. The van der Waals surface area contributed by atoms with E-state index in [4.69, 9.17) is 5.73 Å². The van der Waals surface area contributed by atoms with E-state index in [1.807, 2.05) is 0 Å². The van der Waals surface area contributed by atoms with Gasteiger partial charge in [-0.3, -0.25) is 13.9 Å². The smallest absolute Gasteiger partial charge is 0.311 e. The van der Waals surface area contributed by atoms with Gasteiger partial charge in [0, 0.05) is 11.4 Å². The molecule has 1 aliphatic rings. The van der Waals surface area contributed by atoms with Crippen molar-refractivity contribution in [3.05, 3.63) is 46.8 Å². The maximum atomic E-state index is 13.0. The molecule has 0 aliphatic carbocycles. The van der Waals surface area contributed by atoms with Gasteiger partial charge in [0.05, 0.1) is 18.0 Å². The zero-order valence-electron chi connectivity index (χ0n) is 13.1. The second-order valence-electron chi connectivity index (χ2n) is 5.68. The van der Waals surface area contributed by atoms with Crippen LogP contribution in [0.4, 0.5) is 5.69 Å². The molecule has 2 heterocycles. The number of carboxylic acid groups (broad SMARTS) is 1. The third kappa shape index (κ3) is 3.24. The lowest BCUT2D eigenvalue weighted by Gasteiger charge is -2.32. The summed E-state index contributed by atoms with van der Waals surface area (Å²) in [4.78, 5) is 23.0. The van der Waals surface area contributed by atoms with Gasteiger partial charge in [-0.2, -0.15) is 0 Å². The quantitative estimate of drug-likeness (QED) is 0.816. The maximum Gasteiger partial charge on any atom is 0.311 e. The normalized spacial score (nSPS) is 17.1. The fourth-order valence-corrected chi connectivity index (χ4v) is 5.90. The summed E-state index contributed by atoms with van der Waals surface area (Å²) in [5.41, 5.74) is 6.01. The van der Waals surface area contributed by atoms with Crippen LogP contribution in [0.1, 0.15) is 22.8 Å². The summed E-state index contributed by atoms with van der Waals surface area (Å²) in [7, 11) is -3.83. The fourth-order valence-electron chi connectivity index (χ4n) is 2.91. The van der Waals surface area contributed by atoms with Gasteiger partial charge in [0.25, 0.3) is 10.0 Å². The number of para-hydroxylation sites is 1. The number of sulfonamides is 1. The molecule has 1 unspecified atom stereocenters. The zero-order valence-corrected chi connectivity index (χ0v) is 14.7. The summed E-state index contributed by atoms with van der Waals surface area (Å²) in [5, 5.41) is 9.37. The van der Waals surface area contributed by atoms with Gasteiger partial charge in [-0.05, 0) is 30.2 Å². The van der Waals surface area contributed by atoms with E-state index >= 15 is 0 Å². The number of benzene rings is 1. The van der Waals surface area contributed by atoms with E-state index in [-0.39, 0.29) is 23.6 Å². The molecule has 3 rings (SSSR count). The van der Waals surface area contributed by atoms with Crippen LogP contribution in [0.25, 0.3) is 0 Å². The van der Waals surface area contributed by atoms with Gasteiger partial charge in [-0.15, -0.1) is 11.3 Å². The number of carboxylic acids is 1. The molecule has 3 N–H and O–H groups in total. The van der Waals surface area contributed by atoms with Crippen molar-refractivity contribution in [2.45, 2.75) is 23.0 Å². The number of hydrogen-bond donors (Lipinski definition) is 2. The number of primary amides is 1. The third-order valence-corrected chi connectivity index (χ3v) is 7.40. The van der Waals surface area contributed by atoms with Crippen LogP contribution in [0.5, 0.6) is 0 Å². The third-order valence-electron chi connectivity index (χ3n) is 4.03. The number of amides is 1. The number of anilines is 1. The molecule has 1 aromatic carbocycles. The molecule has 1 aromatic heterocycles. The van der Waals surface area contributed by atoms with Gasteiger partial charge >= 0.3 is 5.97 Å². The number of aliphatic carboxylic acids is 1. The molecule has 7 nitrogen and oxygen atoms in total. The van der Waals surface area contributed by atoms with E-state index in [1.165, 1.54) is 10.4 Å². The Morgan fingerprint density at radius 1 is 1.24 bits per heavy atom. The predicted octanol–water partition coefficient (Wildman–Crippen LogP) is 1.54. The maximum absolute atomic E-state index is 13.0. The first-order valence-electron chi connectivity index (χ1n) is 7.52. The highest BCUT2D eigenvalue weighted by Gasteiger charge is 2.36. The van der Waals surface area contributed by atoms with Crippen LogP contribution in [0.3, 0.4) is 0 Å². The minimum atomic E-state index is -3.83. The van der Waals surface area contributed by atoms with Crippen molar-refractivity contribution < 1.29 is 23.1 Å². The highest BCUT2D eigenvalue weighted by molar-refractivity contribution is 7.94. The summed E-state index contributed by atoms with van der Waals surface area (Å²) in [6, 6.07) is 9.64. The number of fused-ring (bicyclic) bond motifs is 1. The van der Waals surface area contributed by atoms with E-state index in [9.17, 15) is 23.1 Å². The lowest BCUT2D eigenvalue weighted by molar-refractivity contribution is -0.139. The monoisotopic (exact) mass is 380 g/mol. The molecule has 132 valence electrons. The van der Waals surface area contributed by atoms with Crippen LogP contribution in [-0.4, -0.2) is 31.9 Å². The molecule has 0 saturated heterocycles. The lowest BCUT2D eigenvalue weighted by atomic mass is 9.91. The van der Waals surface area contributed by atoms with Gasteiger partial charge in [-0.25, -0.2) is 8.42 Å². The number of carbonyl (C=O) groups is 2. The Morgan fingerprint density at radius 2 is 1.96 bits per heavy atom. The van der Waals surface area contributed by atoms with Gasteiger partial charge < -0.3 is 10.8 Å². The van der Waals surface area contributed by atoms with Crippen molar-refractivity contribution >= 4 is 38.9 Å². The summed E-state index contributed by atoms with van der Waals surface area (Å²) in [5.74, 6) is -2.22. The molecular formula is C16H16N2O5S2. The average Bonchev–Trinajstić information content (AvgIpc) is 3.02. The van der Waals surface area contributed by atoms with Crippen molar-refractivity contribution in [1.82, 2.24) is 0 Å². The molecule has 0 radical (unpaired) electrons. The molecule has 9 heteroatoms. The Balaban J connectivity index is 2.00. The Hall–Kier alpha value is -2.39. The number of hydrogen-bond acceptors (Lipinski definition) is 5. The highest BCUT2D eigenvalue weighted by Crippen LogP contribution is 2.39. The molecule has 0 spiro atoms. The topological polar surface area (TPSA) is 118 Å². The first-order valence-corrected chi connectivity index (χ1v) is 9.78. The molecule has 1 atom stereocenters. The molecular weight excluding hydrogens is 364 g/mol. The van der Waals surface area contributed by atoms with Crippen LogP contribution in [-0.2, 0) is 26.0 Å². The number of nitrogens with two attached hydrogens (primary N) is 1. The second kappa shape index (κ2) is 6.49. The number of nitrogens with zero attached hydrogens (tertiary/aromatic N) is 1. The second-order valence-corrected chi connectivity index (χ2v) is 8.94. The van der Waals surface area contributed by atoms with Gasteiger partial charge in [-0.1, -0.05) is 18.2 Å². The van der Waals surface area contributed by atoms with Crippen LogP contribution in [0, 0.1) is 0 Å². The molecule has 0 saturated carbocycles. The van der Waals surface area contributed by atoms with Crippen LogP contribution >= 0.6 is 11.3 Å². The molecule has 2 aromatic rings.